The van der Waals surface area contributed by atoms with Gasteiger partial charge in [-0.2, -0.15) is 10.1 Å². The van der Waals surface area contributed by atoms with Gasteiger partial charge in [0, 0.05) is 31.3 Å². The molecule has 0 spiro atoms. The number of anilines is 1. The number of methoxy groups -OCH3 is 1. The molecule has 178 valence electrons. The number of imide groups is 1. The third-order valence-electron chi connectivity index (χ3n) is 5.97. The molecule has 0 aromatic heterocycles. The number of rotatable bonds is 4. The molecule has 0 saturated heterocycles. The molecule has 2 amide bonds. The highest BCUT2D eigenvalue weighted by Gasteiger charge is 2.39. The molecule has 0 unspecified atom stereocenters. The molecule has 2 aromatic rings. The number of ether oxygens (including phenoxy) is 1. The number of carbonyl (C=O) groups excluding carboxylic acids is 2. The van der Waals surface area contributed by atoms with Crippen molar-refractivity contribution in [1.82, 2.24) is 5.01 Å². The largest absolute Gasteiger partial charge is 0.497 e. The molecule has 0 aliphatic carbocycles. The smallest absolute Gasteiger partial charge is 0.309 e. The maximum atomic E-state index is 12.3. The number of amidine groups is 1. The van der Waals surface area contributed by atoms with Gasteiger partial charge < -0.3 is 9.64 Å². The first-order valence-corrected chi connectivity index (χ1v) is 12.3. The maximum absolute atomic E-state index is 12.3. The summed E-state index contributed by atoms with van der Waals surface area (Å²) in [6, 6.07) is 14.3. The average molecular weight is 479 g/mol. The summed E-state index contributed by atoms with van der Waals surface area (Å²) in [5, 5.41) is 5.09. The fourth-order valence-corrected chi connectivity index (χ4v) is 5.31. The molecule has 2 heterocycles. The van der Waals surface area contributed by atoms with Gasteiger partial charge >= 0.3 is 5.24 Å². The highest BCUT2D eigenvalue weighted by atomic mass is 32.2. The number of aliphatic imine (C=N–C) groups is 1. The zero-order valence-corrected chi connectivity index (χ0v) is 21.1. The van der Waals surface area contributed by atoms with E-state index in [0.717, 1.165) is 70.3 Å². The van der Waals surface area contributed by atoms with E-state index in [2.05, 4.69) is 22.1 Å². The van der Waals surface area contributed by atoms with Crippen LogP contribution >= 0.6 is 11.8 Å². The SMILES string of the molecule is CC/N=C(/c1ccc(OC)cc1)N1CCCc2cc(C3=NN(C(C)=O)C(=O)SC3(C)C)ccc21. The number of thioether (sulfide) groups is 1. The van der Waals surface area contributed by atoms with Gasteiger partial charge in [-0.25, -0.2) is 0 Å². The molecular weight excluding hydrogens is 448 g/mol. The average Bonchev–Trinajstić information content (AvgIpc) is 2.81. The number of hydrogen-bond acceptors (Lipinski definition) is 6. The quantitative estimate of drug-likeness (QED) is 0.451. The minimum atomic E-state index is -0.538. The van der Waals surface area contributed by atoms with E-state index in [-0.39, 0.29) is 11.1 Å². The molecule has 0 bridgehead atoms. The van der Waals surface area contributed by atoms with Gasteiger partial charge in [-0.15, -0.1) is 0 Å². The number of aryl methyl sites for hydroxylation is 1. The van der Waals surface area contributed by atoms with Crippen molar-refractivity contribution in [3.63, 3.8) is 0 Å². The van der Waals surface area contributed by atoms with E-state index in [0.29, 0.717) is 6.54 Å². The van der Waals surface area contributed by atoms with Crippen molar-refractivity contribution < 1.29 is 14.3 Å². The van der Waals surface area contributed by atoms with Crippen LogP contribution in [0, 0.1) is 0 Å². The summed E-state index contributed by atoms with van der Waals surface area (Å²) in [6.07, 6.45) is 1.94. The molecule has 0 fully saturated rings. The number of hydrazone groups is 1. The van der Waals surface area contributed by atoms with Gasteiger partial charge in [0.1, 0.15) is 11.6 Å². The molecule has 0 saturated carbocycles. The number of hydrogen-bond donors (Lipinski definition) is 0. The predicted molar refractivity (Wildman–Crippen MR) is 138 cm³/mol. The zero-order chi connectivity index (χ0) is 24.5. The molecule has 2 aromatic carbocycles. The second-order valence-corrected chi connectivity index (χ2v) is 10.4. The van der Waals surface area contributed by atoms with E-state index >= 15 is 0 Å². The van der Waals surface area contributed by atoms with Crippen molar-refractivity contribution in [1.29, 1.82) is 0 Å². The Balaban J connectivity index is 1.73. The number of nitrogens with zero attached hydrogens (tertiary/aromatic N) is 4. The monoisotopic (exact) mass is 478 g/mol. The third-order valence-corrected chi connectivity index (χ3v) is 7.02. The van der Waals surface area contributed by atoms with Crippen LogP contribution in [-0.2, 0) is 11.2 Å². The first kappa shape index (κ1) is 24.0. The second-order valence-electron chi connectivity index (χ2n) is 8.78. The minimum absolute atomic E-state index is 0.342. The Kier molecular flexibility index (Phi) is 6.79. The van der Waals surface area contributed by atoms with Crippen LogP contribution in [0.25, 0.3) is 0 Å². The first-order chi connectivity index (χ1) is 16.2. The van der Waals surface area contributed by atoms with Gasteiger partial charge in [0.15, 0.2) is 0 Å². The van der Waals surface area contributed by atoms with Crippen molar-refractivity contribution in [2.24, 2.45) is 10.1 Å². The first-order valence-electron chi connectivity index (χ1n) is 11.5. The second kappa shape index (κ2) is 9.62. The highest BCUT2D eigenvalue weighted by Crippen LogP contribution is 2.38. The Morgan fingerprint density at radius 3 is 2.59 bits per heavy atom. The Hall–Kier alpha value is -3.13. The molecule has 0 N–H and O–H groups in total. The van der Waals surface area contributed by atoms with Crippen molar-refractivity contribution in [3.05, 3.63) is 59.2 Å². The maximum Gasteiger partial charge on any atom is 0.309 e. The van der Waals surface area contributed by atoms with Gasteiger partial charge in [-0.1, -0.05) is 6.07 Å². The minimum Gasteiger partial charge on any atom is -0.497 e. The molecule has 2 aliphatic rings. The number of amides is 2. The summed E-state index contributed by atoms with van der Waals surface area (Å²) < 4.78 is 4.78. The molecule has 2 aliphatic heterocycles. The van der Waals surface area contributed by atoms with Gasteiger partial charge in [0.2, 0.25) is 5.91 Å². The van der Waals surface area contributed by atoms with Crippen LogP contribution in [0.2, 0.25) is 0 Å². The number of carbonyl (C=O) groups is 2. The summed E-state index contributed by atoms with van der Waals surface area (Å²) in [5.74, 6) is 1.38. The number of fused-ring (bicyclic) bond motifs is 1. The van der Waals surface area contributed by atoms with Crippen LogP contribution < -0.4 is 9.64 Å². The van der Waals surface area contributed by atoms with E-state index in [1.807, 2.05) is 51.1 Å². The summed E-state index contributed by atoms with van der Waals surface area (Å²) in [7, 11) is 1.66. The Bertz CT molecular complexity index is 1170. The fourth-order valence-electron chi connectivity index (χ4n) is 4.36. The molecule has 8 heteroatoms. The fraction of sp³-hybridized carbons (Fsp3) is 0.385. The van der Waals surface area contributed by atoms with Crippen molar-refractivity contribution in [3.8, 4) is 5.75 Å². The number of benzene rings is 2. The van der Waals surface area contributed by atoms with Crippen LogP contribution in [0.4, 0.5) is 10.5 Å². The summed E-state index contributed by atoms with van der Waals surface area (Å²) in [4.78, 5) is 31.4. The van der Waals surface area contributed by atoms with Gasteiger partial charge in [0.05, 0.1) is 17.6 Å². The highest BCUT2D eigenvalue weighted by molar-refractivity contribution is 8.15. The van der Waals surface area contributed by atoms with Crippen LogP contribution in [0.1, 0.15) is 50.8 Å². The normalized spacial score (nSPS) is 17.9. The van der Waals surface area contributed by atoms with E-state index in [1.54, 1.807) is 7.11 Å². The van der Waals surface area contributed by atoms with Gasteiger partial charge in [-0.3, -0.25) is 14.6 Å². The Labute approximate surface area is 204 Å². The Morgan fingerprint density at radius 2 is 1.94 bits per heavy atom. The van der Waals surface area contributed by atoms with Crippen molar-refractivity contribution >= 4 is 40.1 Å². The molecule has 34 heavy (non-hydrogen) atoms. The summed E-state index contributed by atoms with van der Waals surface area (Å²) in [5.41, 5.74) is 5.03. The molecule has 0 atom stereocenters. The molecule has 7 nitrogen and oxygen atoms in total. The van der Waals surface area contributed by atoms with Crippen LogP contribution in [0.15, 0.2) is 52.6 Å². The lowest BCUT2D eigenvalue weighted by atomic mass is 9.93. The van der Waals surface area contributed by atoms with E-state index < -0.39 is 4.75 Å². The molecule has 4 rings (SSSR count). The lowest BCUT2D eigenvalue weighted by Gasteiger charge is -2.35. The summed E-state index contributed by atoms with van der Waals surface area (Å²) >= 11 is 1.13. The van der Waals surface area contributed by atoms with Crippen molar-refractivity contribution in [2.75, 3.05) is 25.1 Å². The topological polar surface area (TPSA) is 74.6 Å². The predicted octanol–water partition coefficient (Wildman–Crippen LogP) is 5.11. The summed E-state index contributed by atoms with van der Waals surface area (Å²) in [6.45, 7) is 8.89. The van der Waals surface area contributed by atoms with Crippen molar-refractivity contribution in [2.45, 2.75) is 45.3 Å². The van der Waals surface area contributed by atoms with Crippen LogP contribution in [-0.4, -0.2) is 52.6 Å². The van der Waals surface area contributed by atoms with Crippen LogP contribution in [0.5, 0.6) is 5.75 Å². The Morgan fingerprint density at radius 1 is 1.21 bits per heavy atom. The van der Waals surface area contributed by atoms with Gasteiger partial charge in [0.25, 0.3) is 0 Å². The lowest BCUT2D eigenvalue weighted by molar-refractivity contribution is -0.125. The zero-order valence-electron chi connectivity index (χ0n) is 20.3. The lowest BCUT2D eigenvalue weighted by Crippen LogP contribution is -2.43. The standard InChI is InChI=1S/C26H30N4O3S/c1-6-27-24(18-9-12-21(33-5)13-10-18)29-15-7-8-19-16-20(11-14-22(19)29)23-26(3,4)34-25(32)30(28-23)17(2)31/h9-14,16H,6-8,15H2,1-5H3/b27-24-. The molecular formula is C26H30N4O3S. The third kappa shape index (κ3) is 4.59. The van der Waals surface area contributed by atoms with Gasteiger partial charge in [-0.05, 0) is 92.9 Å². The van der Waals surface area contributed by atoms with E-state index in [4.69, 9.17) is 9.73 Å². The van der Waals surface area contributed by atoms with E-state index in [9.17, 15) is 9.59 Å². The van der Waals surface area contributed by atoms with Crippen LogP contribution in [0.3, 0.4) is 0 Å². The van der Waals surface area contributed by atoms with E-state index in [1.165, 1.54) is 12.5 Å². The molecule has 0 radical (unpaired) electrons.